The maximum atomic E-state index is 10.4. The van der Waals surface area contributed by atoms with Crippen LogP contribution in [0.1, 0.15) is 20.1 Å². The second kappa shape index (κ2) is 3.02. The fourth-order valence-corrected chi connectivity index (χ4v) is 1.66. The van der Waals surface area contributed by atoms with Gasteiger partial charge >= 0.3 is 5.97 Å². The fraction of sp³-hybridized carbons (Fsp3) is 0.286. The number of hydrogen-bond donors (Lipinski definition) is 2. The quantitative estimate of drug-likeness (QED) is 0.705. The Bertz CT molecular complexity index is 277. The molecular formula is C7H8O3S. The molecule has 1 rings (SSSR count). The zero-order valence-corrected chi connectivity index (χ0v) is 6.81. The van der Waals surface area contributed by atoms with Crippen molar-refractivity contribution in [3.8, 4) is 0 Å². The highest BCUT2D eigenvalue weighted by Crippen LogP contribution is 2.21. The van der Waals surface area contributed by atoms with Crippen molar-refractivity contribution in [2.24, 2.45) is 0 Å². The second-order valence-corrected chi connectivity index (χ2v) is 3.41. The topological polar surface area (TPSA) is 57.5 Å². The summed E-state index contributed by atoms with van der Waals surface area (Å²) in [6.45, 7) is 1.71. The number of aromatic carboxylic acids is 1. The smallest absolute Gasteiger partial charge is 0.345 e. The van der Waals surface area contributed by atoms with Crippen LogP contribution in [0.5, 0.6) is 0 Å². The van der Waals surface area contributed by atoms with Crippen LogP contribution in [0.3, 0.4) is 0 Å². The summed E-state index contributed by atoms with van der Waals surface area (Å²) >= 11 is 1.19. The first-order chi connectivity index (χ1) is 5.15. The third-order valence-corrected chi connectivity index (χ3v) is 2.48. The van der Waals surface area contributed by atoms with Crippen molar-refractivity contribution in [3.63, 3.8) is 0 Å². The molecule has 3 nitrogen and oxygen atoms in total. The summed E-state index contributed by atoms with van der Waals surface area (Å²) in [5.74, 6) is -0.933. The normalized spacial score (nSPS) is 10.0. The molecule has 0 aliphatic rings. The van der Waals surface area contributed by atoms with Crippen molar-refractivity contribution in [1.29, 1.82) is 0 Å². The molecule has 0 unspecified atom stereocenters. The Hall–Kier alpha value is -0.870. The van der Waals surface area contributed by atoms with E-state index in [2.05, 4.69) is 0 Å². The Balaban J connectivity index is 3.05. The number of aliphatic hydroxyl groups is 1. The van der Waals surface area contributed by atoms with Crippen molar-refractivity contribution in [1.82, 2.24) is 0 Å². The Morgan fingerprint density at radius 3 is 2.64 bits per heavy atom. The number of aliphatic hydroxyl groups excluding tert-OH is 1. The van der Waals surface area contributed by atoms with E-state index in [1.807, 2.05) is 0 Å². The first-order valence-electron chi connectivity index (χ1n) is 3.08. The number of carbonyl (C=O) groups is 1. The maximum absolute atomic E-state index is 10.4. The summed E-state index contributed by atoms with van der Waals surface area (Å²) < 4.78 is 0. The monoisotopic (exact) mass is 172 g/mol. The summed E-state index contributed by atoms with van der Waals surface area (Å²) in [5.41, 5.74) is 0.701. The summed E-state index contributed by atoms with van der Waals surface area (Å²) in [6.07, 6.45) is 0. The van der Waals surface area contributed by atoms with Crippen LogP contribution in [0.25, 0.3) is 0 Å². The number of rotatable bonds is 2. The molecule has 0 spiro atoms. The summed E-state index contributed by atoms with van der Waals surface area (Å²) in [4.78, 5) is 11.6. The molecule has 0 radical (unpaired) electrons. The van der Waals surface area contributed by atoms with Crippen LogP contribution in [0.4, 0.5) is 0 Å². The fourth-order valence-electron chi connectivity index (χ4n) is 0.782. The van der Waals surface area contributed by atoms with Gasteiger partial charge in [-0.3, -0.25) is 0 Å². The molecule has 0 amide bonds. The summed E-state index contributed by atoms with van der Waals surface area (Å²) in [5, 5.41) is 17.3. The van der Waals surface area contributed by atoms with Crippen molar-refractivity contribution in [3.05, 3.63) is 21.4 Å². The lowest BCUT2D eigenvalue weighted by atomic mass is 10.2. The Morgan fingerprint density at radius 2 is 2.36 bits per heavy atom. The van der Waals surface area contributed by atoms with Crippen LogP contribution in [-0.2, 0) is 6.61 Å². The van der Waals surface area contributed by atoms with Gasteiger partial charge in [0.15, 0.2) is 0 Å². The van der Waals surface area contributed by atoms with Crippen LogP contribution in [0, 0.1) is 6.92 Å². The second-order valence-electron chi connectivity index (χ2n) is 2.16. The van der Waals surface area contributed by atoms with Gasteiger partial charge in [0.05, 0.1) is 6.61 Å². The number of thiophene rings is 1. The lowest BCUT2D eigenvalue weighted by Crippen LogP contribution is -1.90. The van der Waals surface area contributed by atoms with Gasteiger partial charge in [0.1, 0.15) is 4.88 Å². The van der Waals surface area contributed by atoms with Crippen LogP contribution in [0.15, 0.2) is 6.07 Å². The van der Waals surface area contributed by atoms with Gasteiger partial charge in [-0.1, -0.05) is 0 Å². The summed E-state index contributed by atoms with van der Waals surface area (Å²) in [6, 6.07) is 1.50. The van der Waals surface area contributed by atoms with E-state index in [9.17, 15) is 4.79 Å². The minimum atomic E-state index is -0.933. The van der Waals surface area contributed by atoms with E-state index < -0.39 is 5.97 Å². The Kier molecular flexibility index (Phi) is 2.26. The molecule has 0 saturated heterocycles. The molecule has 11 heavy (non-hydrogen) atoms. The van der Waals surface area contributed by atoms with E-state index in [1.165, 1.54) is 17.4 Å². The number of carboxylic acid groups (broad SMARTS) is 1. The van der Waals surface area contributed by atoms with Gasteiger partial charge in [-0.05, 0) is 18.6 Å². The third kappa shape index (κ3) is 1.58. The molecule has 1 aromatic heterocycles. The van der Waals surface area contributed by atoms with E-state index in [0.717, 1.165) is 4.88 Å². The highest BCUT2D eigenvalue weighted by molar-refractivity contribution is 7.14. The average Bonchev–Trinajstić information content (AvgIpc) is 2.31. The van der Waals surface area contributed by atoms with Crippen molar-refractivity contribution < 1.29 is 15.0 Å². The van der Waals surface area contributed by atoms with Gasteiger partial charge < -0.3 is 10.2 Å². The van der Waals surface area contributed by atoms with Gasteiger partial charge in [0, 0.05) is 4.88 Å². The standard InChI is InChI=1S/C7H8O3S/c1-4-5(3-8)2-6(11-4)7(9)10/h2,8H,3H2,1H3,(H,9,10). The van der Waals surface area contributed by atoms with E-state index in [1.54, 1.807) is 6.92 Å². The molecule has 0 aromatic carbocycles. The number of aryl methyl sites for hydroxylation is 1. The van der Waals surface area contributed by atoms with E-state index in [-0.39, 0.29) is 11.5 Å². The van der Waals surface area contributed by atoms with Crippen LogP contribution < -0.4 is 0 Å². The largest absolute Gasteiger partial charge is 0.477 e. The van der Waals surface area contributed by atoms with Crippen LogP contribution in [-0.4, -0.2) is 16.2 Å². The number of hydrogen-bond acceptors (Lipinski definition) is 3. The van der Waals surface area contributed by atoms with Gasteiger partial charge in [0.2, 0.25) is 0 Å². The molecule has 1 heterocycles. The molecule has 60 valence electrons. The molecule has 1 aromatic rings. The van der Waals surface area contributed by atoms with E-state index in [0.29, 0.717) is 5.56 Å². The Labute approximate surface area is 67.9 Å². The van der Waals surface area contributed by atoms with Gasteiger partial charge in [0.25, 0.3) is 0 Å². The SMILES string of the molecule is Cc1sc(C(=O)O)cc1CO. The first-order valence-corrected chi connectivity index (χ1v) is 3.90. The lowest BCUT2D eigenvalue weighted by molar-refractivity contribution is 0.0702. The molecule has 0 fully saturated rings. The highest BCUT2D eigenvalue weighted by atomic mass is 32.1. The lowest BCUT2D eigenvalue weighted by Gasteiger charge is -1.87. The molecule has 2 N–H and O–H groups in total. The van der Waals surface area contributed by atoms with Gasteiger partial charge in [-0.15, -0.1) is 11.3 Å². The van der Waals surface area contributed by atoms with E-state index >= 15 is 0 Å². The predicted molar refractivity (Wildman–Crippen MR) is 41.9 cm³/mol. The molecular weight excluding hydrogens is 164 g/mol. The third-order valence-electron chi connectivity index (χ3n) is 1.40. The highest BCUT2D eigenvalue weighted by Gasteiger charge is 2.09. The average molecular weight is 172 g/mol. The molecule has 0 aliphatic heterocycles. The van der Waals surface area contributed by atoms with Crippen molar-refractivity contribution >= 4 is 17.3 Å². The maximum Gasteiger partial charge on any atom is 0.345 e. The van der Waals surface area contributed by atoms with Crippen LogP contribution in [0.2, 0.25) is 0 Å². The molecule has 0 atom stereocenters. The predicted octanol–water partition coefficient (Wildman–Crippen LogP) is 1.25. The van der Waals surface area contributed by atoms with Crippen molar-refractivity contribution in [2.75, 3.05) is 0 Å². The molecule has 0 aliphatic carbocycles. The molecule has 0 bridgehead atoms. The zero-order valence-electron chi connectivity index (χ0n) is 6.00. The molecule has 4 heteroatoms. The number of carboxylic acids is 1. The van der Waals surface area contributed by atoms with Crippen molar-refractivity contribution in [2.45, 2.75) is 13.5 Å². The zero-order chi connectivity index (χ0) is 8.43. The molecule has 0 saturated carbocycles. The Morgan fingerprint density at radius 1 is 1.73 bits per heavy atom. The minimum Gasteiger partial charge on any atom is -0.477 e. The van der Waals surface area contributed by atoms with Gasteiger partial charge in [-0.25, -0.2) is 4.79 Å². The van der Waals surface area contributed by atoms with Gasteiger partial charge in [-0.2, -0.15) is 0 Å². The van der Waals surface area contributed by atoms with Crippen LogP contribution >= 0.6 is 11.3 Å². The summed E-state index contributed by atoms with van der Waals surface area (Å²) in [7, 11) is 0. The minimum absolute atomic E-state index is 0.0877. The van der Waals surface area contributed by atoms with E-state index in [4.69, 9.17) is 10.2 Å². The first kappa shape index (κ1) is 8.23.